The third-order valence-electron chi connectivity index (χ3n) is 3.00. The van der Waals surface area contributed by atoms with Crippen LogP contribution < -0.4 is 5.32 Å². The monoisotopic (exact) mass is 273 g/mol. The zero-order valence-electron chi connectivity index (χ0n) is 12.0. The molecule has 1 N–H and O–H groups in total. The van der Waals surface area contributed by atoms with Crippen molar-refractivity contribution in [2.24, 2.45) is 0 Å². The van der Waals surface area contributed by atoms with Gasteiger partial charge in [0.1, 0.15) is 11.5 Å². The standard InChI is InChI=1S/C14H19N5O/c1-10(2)19-11(3)8-18-13(19)4-5-17-14(20)12-9-15-6-7-16-12/h6-10H,4-5H2,1-3H3,(H,17,20). The highest BCUT2D eigenvalue weighted by Gasteiger charge is 2.11. The molecule has 2 rings (SSSR count). The van der Waals surface area contributed by atoms with Gasteiger partial charge in [-0.15, -0.1) is 0 Å². The number of amides is 1. The largest absolute Gasteiger partial charge is 0.350 e. The van der Waals surface area contributed by atoms with E-state index in [9.17, 15) is 4.79 Å². The van der Waals surface area contributed by atoms with Crippen LogP contribution in [0.3, 0.4) is 0 Å². The first-order chi connectivity index (χ1) is 9.59. The van der Waals surface area contributed by atoms with E-state index in [4.69, 9.17) is 0 Å². The minimum absolute atomic E-state index is 0.211. The number of hydrogen-bond acceptors (Lipinski definition) is 4. The van der Waals surface area contributed by atoms with Crippen LogP contribution in [0.25, 0.3) is 0 Å². The van der Waals surface area contributed by atoms with Gasteiger partial charge in [0, 0.05) is 43.3 Å². The van der Waals surface area contributed by atoms with Crippen molar-refractivity contribution in [3.05, 3.63) is 42.0 Å². The van der Waals surface area contributed by atoms with Crippen LogP contribution in [0.5, 0.6) is 0 Å². The SMILES string of the molecule is Cc1cnc(CCNC(=O)c2cnccn2)n1C(C)C. The van der Waals surface area contributed by atoms with Gasteiger partial charge in [-0.05, 0) is 20.8 Å². The molecule has 0 bridgehead atoms. The van der Waals surface area contributed by atoms with Crippen molar-refractivity contribution in [1.29, 1.82) is 0 Å². The molecule has 0 unspecified atom stereocenters. The van der Waals surface area contributed by atoms with Crippen LogP contribution in [-0.2, 0) is 6.42 Å². The summed E-state index contributed by atoms with van der Waals surface area (Å²) >= 11 is 0. The molecular formula is C14H19N5O. The number of hydrogen-bond donors (Lipinski definition) is 1. The summed E-state index contributed by atoms with van der Waals surface area (Å²) in [6.07, 6.45) is 7.05. The van der Waals surface area contributed by atoms with E-state index in [2.05, 4.69) is 38.7 Å². The lowest BCUT2D eigenvalue weighted by Crippen LogP contribution is -2.27. The summed E-state index contributed by atoms with van der Waals surface area (Å²) in [4.78, 5) is 24.0. The van der Waals surface area contributed by atoms with Crippen LogP contribution in [-0.4, -0.2) is 32.0 Å². The van der Waals surface area contributed by atoms with Crippen LogP contribution in [0.15, 0.2) is 24.8 Å². The highest BCUT2D eigenvalue weighted by Crippen LogP contribution is 2.12. The quantitative estimate of drug-likeness (QED) is 0.896. The third kappa shape index (κ3) is 3.20. The average Bonchev–Trinajstić information content (AvgIpc) is 2.81. The van der Waals surface area contributed by atoms with Crippen molar-refractivity contribution in [3.63, 3.8) is 0 Å². The lowest BCUT2D eigenvalue weighted by atomic mass is 10.3. The Morgan fingerprint density at radius 2 is 2.10 bits per heavy atom. The second-order valence-corrected chi connectivity index (χ2v) is 4.88. The molecule has 0 atom stereocenters. The van der Waals surface area contributed by atoms with Crippen molar-refractivity contribution in [2.45, 2.75) is 33.2 Å². The number of carbonyl (C=O) groups excluding carboxylic acids is 1. The van der Waals surface area contributed by atoms with Gasteiger partial charge in [-0.25, -0.2) is 9.97 Å². The van der Waals surface area contributed by atoms with Crippen molar-refractivity contribution in [3.8, 4) is 0 Å². The fourth-order valence-electron chi connectivity index (χ4n) is 2.18. The van der Waals surface area contributed by atoms with Gasteiger partial charge in [0.25, 0.3) is 5.91 Å². The molecule has 106 valence electrons. The van der Waals surface area contributed by atoms with Crippen molar-refractivity contribution in [2.75, 3.05) is 6.54 Å². The fraction of sp³-hybridized carbons (Fsp3) is 0.429. The van der Waals surface area contributed by atoms with Crippen LogP contribution in [0, 0.1) is 6.92 Å². The summed E-state index contributed by atoms with van der Waals surface area (Å²) < 4.78 is 2.18. The molecule has 1 amide bonds. The van der Waals surface area contributed by atoms with E-state index >= 15 is 0 Å². The van der Waals surface area contributed by atoms with Crippen molar-refractivity contribution in [1.82, 2.24) is 24.8 Å². The number of aryl methyl sites for hydroxylation is 1. The summed E-state index contributed by atoms with van der Waals surface area (Å²) in [7, 11) is 0. The summed E-state index contributed by atoms with van der Waals surface area (Å²) in [5.41, 5.74) is 1.46. The smallest absolute Gasteiger partial charge is 0.271 e. The summed E-state index contributed by atoms with van der Waals surface area (Å²) in [6.45, 7) is 6.81. The zero-order chi connectivity index (χ0) is 14.5. The van der Waals surface area contributed by atoms with Crippen LogP contribution in [0.1, 0.15) is 41.9 Å². The summed E-state index contributed by atoms with van der Waals surface area (Å²) in [5.74, 6) is 0.773. The predicted molar refractivity (Wildman–Crippen MR) is 75.4 cm³/mol. The Balaban J connectivity index is 1.92. The first kappa shape index (κ1) is 14.2. The molecule has 2 aromatic heterocycles. The minimum atomic E-state index is -0.211. The Hall–Kier alpha value is -2.24. The van der Waals surface area contributed by atoms with E-state index in [0.29, 0.717) is 24.7 Å². The highest BCUT2D eigenvalue weighted by molar-refractivity contribution is 5.91. The Bertz CT molecular complexity index is 577. The Morgan fingerprint density at radius 1 is 1.30 bits per heavy atom. The third-order valence-corrected chi connectivity index (χ3v) is 3.00. The number of nitrogens with one attached hydrogen (secondary N) is 1. The van der Waals surface area contributed by atoms with E-state index in [1.807, 2.05) is 13.1 Å². The molecule has 0 aromatic carbocycles. The van der Waals surface area contributed by atoms with Gasteiger partial charge in [0.05, 0.1) is 6.20 Å². The molecule has 2 heterocycles. The molecule has 0 spiro atoms. The lowest BCUT2D eigenvalue weighted by Gasteiger charge is -2.14. The second-order valence-electron chi connectivity index (χ2n) is 4.88. The number of carbonyl (C=O) groups is 1. The molecule has 6 heteroatoms. The Kier molecular flexibility index (Phi) is 4.45. The molecule has 0 fully saturated rings. The lowest BCUT2D eigenvalue weighted by molar-refractivity contribution is 0.0948. The van der Waals surface area contributed by atoms with Gasteiger partial charge < -0.3 is 9.88 Å². The van der Waals surface area contributed by atoms with E-state index in [-0.39, 0.29) is 5.91 Å². The Labute approximate surface area is 118 Å². The maximum absolute atomic E-state index is 11.8. The average molecular weight is 273 g/mol. The number of rotatable bonds is 5. The molecule has 0 saturated carbocycles. The fourth-order valence-corrected chi connectivity index (χ4v) is 2.18. The summed E-state index contributed by atoms with van der Waals surface area (Å²) in [5, 5.41) is 2.83. The van der Waals surface area contributed by atoms with E-state index in [1.54, 1.807) is 6.20 Å². The minimum Gasteiger partial charge on any atom is -0.350 e. The number of nitrogens with zero attached hydrogens (tertiary/aromatic N) is 4. The van der Waals surface area contributed by atoms with Crippen molar-refractivity contribution >= 4 is 5.91 Å². The van der Waals surface area contributed by atoms with Gasteiger partial charge in [0.15, 0.2) is 0 Å². The molecule has 0 aliphatic rings. The van der Waals surface area contributed by atoms with E-state index in [1.165, 1.54) is 12.4 Å². The predicted octanol–water partition coefficient (Wildman–Crippen LogP) is 1.53. The number of imidazole rings is 1. The van der Waals surface area contributed by atoms with Crippen LogP contribution in [0.2, 0.25) is 0 Å². The molecule has 20 heavy (non-hydrogen) atoms. The summed E-state index contributed by atoms with van der Waals surface area (Å²) in [6, 6.07) is 0.364. The van der Waals surface area contributed by atoms with E-state index in [0.717, 1.165) is 11.5 Å². The molecule has 0 saturated heterocycles. The molecular weight excluding hydrogens is 254 g/mol. The van der Waals surface area contributed by atoms with Crippen LogP contribution >= 0.6 is 0 Å². The normalized spacial score (nSPS) is 10.8. The molecule has 0 aliphatic heterocycles. The zero-order valence-corrected chi connectivity index (χ0v) is 12.0. The highest BCUT2D eigenvalue weighted by atomic mass is 16.1. The van der Waals surface area contributed by atoms with Gasteiger partial charge in [-0.2, -0.15) is 0 Å². The molecule has 2 aromatic rings. The van der Waals surface area contributed by atoms with Crippen molar-refractivity contribution < 1.29 is 4.79 Å². The van der Waals surface area contributed by atoms with E-state index < -0.39 is 0 Å². The van der Waals surface area contributed by atoms with Gasteiger partial charge in [0.2, 0.25) is 0 Å². The molecule has 0 radical (unpaired) electrons. The first-order valence-electron chi connectivity index (χ1n) is 6.66. The second kappa shape index (κ2) is 6.27. The Morgan fingerprint density at radius 3 is 2.75 bits per heavy atom. The van der Waals surface area contributed by atoms with Gasteiger partial charge in [-0.1, -0.05) is 0 Å². The van der Waals surface area contributed by atoms with Crippen LogP contribution in [0.4, 0.5) is 0 Å². The maximum Gasteiger partial charge on any atom is 0.271 e. The molecule has 6 nitrogen and oxygen atoms in total. The maximum atomic E-state index is 11.8. The topological polar surface area (TPSA) is 72.7 Å². The molecule has 0 aliphatic carbocycles. The first-order valence-corrected chi connectivity index (χ1v) is 6.66. The van der Waals surface area contributed by atoms with Gasteiger partial charge >= 0.3 is 0 Å². The number of aromatic nitrogens is 4. The van der Waals surface area contributed by atoms with Gasteiger partial charge in [-0.3, -0.25) is 9.78 Å².